The Labute approximate surface area is 134 Å². The summed E-state index contributed by atoms with van der Waals surface area (Å²) in [6.07, 6.45) is 3.25. The largest absolute Gasteiger partial charge is 0.465 e. The average Bonchev–Trinajstić information content (AvgIpc) is 2.85. The molecule has 0 atom stereocenters. The molecule has 1 heterocycles. The van der Waals surface area contributed by atoms with Crippen LogP contribution in [0.15, 0.2) is 41.4 Å². The number of urea groups is 1. The zero-order chi connectivity index (χ0) is 17.3. The van der Waals surface area contributed by atoms with Crippen LogP contribution in [-0.2, 0) is 14.8 Å². The van der Waals surface area contributed by atoms with Gasteiger partial charge in [-0.05, 0) is 32.1 Å². The minimum absolute atomic E-state index is 0.151. The molecule has 0 unspecified atom stereocenters. The Morgan fingerprint density at radius 2 is 1.91 bits per heavy atom. The van der Waals surface area contributed by atoms with Gasteiger partial charge in [-0.15, -0.1) is 0 Å². The van der Waals surface area contributed by atoms with Crippen molar-refractivity contribution in [1.29, 1.82) is 0 Å². The summed E-state index contributed by atoms with van der Waals surface area (Å²) in [6.45, 7) is 3.47. The zero-order valence-electron chi connectivity index (χ0n) is 12.9. The summed E-state index contributed by atoms with van der Waals surface area (Å²) >= 11 is 0. The maximum atomic E-state index is 12.4. The van der Waals surface area contributed by atoms with Crippen LogP contribution in [-0.4, -0.2) is 38.1 Å². The molecule has 0 bridgehead atoms. The number of hydrogen-bond acceptors (Lipinski definition) is 6. The first-order chi connectivity index (χ1) is 10.7. The highest BCUT2D eigenvalue weighted by atomic mass is 32.2. The maximum Gasteiger partial charge on any atom is 0.350 e. The zero-order valence-corrected chi connectivity index (χ0v) is 13.7. The molecule has 0 aliphatic carbocycles. The number of amides is 2. The van der Waals surface area contributed by atoms with Crippen LogP contribution in [0.25, 0.3) is 0 Å². The second-order valence-corrected chi connectivity index (χ2v) is 7.00. The molecule has 0 aromatic heterocycles. The highest BCUT2D eigenvalue weighted by molar-refractivity contribution is 7.90. The van der Waals surface area contributed by atoms with Gasteiger partial charge < -0.3 is 10.2 Å². The Kier molecular flexibility index (Phi) is 4.33. The second-order valence-electron chi connectivity index (χ2n) is 5.35. The lowest BCUT2D eigenvalue weighted by molar-refractivity contribution is 0.0596. The van der Waals surface area contributed by atoms with E-state index >= 15 is 0 Å². The van der Waals surface area contributed by atoms with Gasteiger partial charge >= 0.3 is 12.0 Å². The first-order valence-corrected chi connectivity index (χ1v) is 8.15. The Morgan fingerprint density at radius 3 is 2.48 bits per heavy atom. The molecule has 0 radical (unpaired) electrons. The van der Waals surface area contributed by atoms with E-state index in [0.717, 1.165) is 12.1 Å². The summed E-state index contributed by atoms with van der Waals surface area (Å²) in [4.78, 5) is 23.6. The van der Waals surface area contributed by atoms with Gasteiger partial charge in [0.05, 0.1) is 18.2 Å². The topological polar surface area (TPSA) is 105 Å². The fourth-order valence-corrected chi connectivity index (χ4v) is 3.20. The maximum absolute atomic E-state index is 12.4. The lowest BCUT2D eigenvalue weighted by Crippen LogP contribution is -2.54. The fourth-order valence-electron chi connectivity index (χ4n) is 2.07. The van der Waals surface area contributed by atoms with Gasteiger partial charge in [-0.2, -0.15) is 0 Å². The van der Waals surface area contributed by atoms with E-state index in [1.807, 2.05) is 4.72 Å². The van der Waals surface area contributed by atoms with Crippen molar-refractivity contribution in [3.05, 3.63) is 42.1 Å². The van der Waals surface area contributed by atoms with Gasteiger partial charge in [0.15, 0.2) is 0 Å². The molecular weight excluding hydrogens is 322 g/mol. The van der Waals surface area contributed by atoms with Crippen molar-refractivity contribution in [3.8, 4) is 0 Å². The van der Waals surface area contributed by atoms with Crippen molar-refractivity contribution in [1.82, 2.24) is 15.2 Å². The molecule has 2 N–H and O–H groups in total. The minimum atomic E-state index is -4.24. The third-order valence-electron chi connectivity index (χ3n) is 3.28. The number of hydrogen-bond donors (Lipinski definition) is 2. The van der Waals surface area contributed by atoms with E-state index in [2.05, 4.69) is 10.2 Å². The third kappa shape index (κ3) is 3.29. The molecule has 0 saturated carbocycles. The predicted octanol–water partition coefficient (Wildman–Crippen LogP) is 0.984. The molecule has 8 nitrogen and oxygen atoms in total. The smallest absolute Gasteiger partial charge is 0.350 e. The molecule has 9 heteroatoms. The quantitative estimate of drug-likeness (QED) is 0.796. The van der Waals surface area contributed by atoms with Crippen LogP contribution < -0.4 is 10.1 Å². The molecule has 0 fully saturated rings. The highest BCUT2D eigenvalue weighted by Crippen LogP contribution is 2.20. The van der Waals surface area contributed by atoms with E-state index in [0.29, 0.717) is 0 Å². The molecule has 2 rings (SSSR count). The predicted molar refractivity (Wildman–Crippen MR) is 81.7 cm³/mol. The van der Waals surface area contributed by atoms with Crippen LogP contribution in [0, 0.1) is 0 Å². The molecule has 0 spiro atoms. The molecule has 1 aliphatic heterocycles. The third-order valence-corrected chi connectivity index (χ3v) is 4.66. The summed E-state index contributed by atoms with van der Waals surface area (Å²) < 4.78 is 31.4. The second kappa shape index (κ2) is 5.92. The number of carbonyl (C=O) groups is 2. The first-order valence-electron chi connectivity index (χ1n) is 6.67. The van der Waals surface area contributed by atoms with Crippen molar-refractivity contribution in [3.63, 3.8) is 0 Å². The summed E-state index contributed by atoms with van der Waals surface area (Å²) in [7, 11) is -3.10. The fraction of sp³-hybridized carbons (Fsp3) is 0.286. The Balaban J connectivity index is 2.30. The van der Waals surface area contributed by atoms with Crippen molar-refractivity contribution in [2.45, 2.75) is 24.3 Å². The number of rotatable bonds is 3. The molecule has 2 amide bonds. The highest BCUT2D eigenvalue weighted by Gasteiger charge is 2.35. The minimum Gasteiger partial charge on any atom is -0.465 e. The standard InChI is InChI=1S/C14H17N3O5S/c1-14(2)8-9-15-17(14)13(19)16-23(20,21)11-7-5-4-6-10(11)12(18)22-3/h4-9,15H,1-3H3,(H,16,19). The molecule has 0 saturated heterocycles. The summed E-state index contributed by atoms with van der Waals surface area (Å²) in [5, 5.41) is 1.13. The van der Waals surface area contributed by atoms with E-state index < -0.39 is 27.6 Å². The average molecular weight is 339 g/mol. The van der Waals surface area contributed by atoms with E-state index in [4.69, 9.17) is 0 Å². The molecule has 23 heavy (non-hydrogen) atoms. The number of sulfonamides is 1. The van der Waals surface area contributed by atoms with Gasteiger partial charge in [0, 0.05) is 6.20 Å². The molecule has 1 aromatic carbocycles. The number of ether oxygens (including phenoxy) is 1. The number of hydrazine groups is 1. The van der Waals surface area contributed by atoms with Gasteiger partial charge in [-0.1, -0.05) is 12.1 Å². The number of esters is 1. The van der Waals surface area contributed by atoms with Crippen LogP contribution in [0.2, 0.25) is 0 Å². The van der Waals surface area contributed by atoms with Crippen molar-refractivity contribution < 1.29 is 22.7 Å². The summed E-state index contributed by atoms with van der Waals surface area (Å²) in [6, 6.07) is 4.63. The van der Waals surface area contributed by atoms with Gasteiger partial charge in [-0.25, -0.2) is 27.7 Å². The van der Waals surface area contributed by atoms with Gasteiger partial charge in [0.25, 0.3) is 10.0 Å². The van der Waals surface area contributed by atoms with E-state index in [1.165, 1.54) is 30.5 Å². The molecular formula is C14H17N3O5S. The van der Waals surface area contributed by atoms with Gasteiger partial charge in [0.2, 0.25) is 0 Å². The lowest BCUT2D eigenvalue weighted by atomic mass is 10.1. The van der Waals surface area contributed by atoms with Gasteiger partial charge in [0.1, 0.15) is 4.90 Å². The van der Waals surface area contributed by atoms with Crippen LogP contribution in [0.1, 0.15) is 24.2 Å². The SMILES string of the molecule is COC(=O)c1ccccc1S(=O)(=O)NC(=O)N1NC=CC1(C)C. The number of nitrogens with one attached hydrogen (secondary N) is 2. The molecule has 124 valence electrons. The molecule has 1 aliphatic rings. The summed E-state index contributed by atoms with van der Waals surface area (Å²) in [5.74, 6) is -0.806. The monoisotopic (exact) mass is 339 g/mol. The number of nitrogens with zero attached hydrogens (tertiary/aromatic N) is 1. The van der Waals surface area contributed by atoms with Crippen molar-refractivity contribution in [2.24, 2.45) is 0 Å². The van der Waals surface area contributed by atoms with E-state index in [-0.39, 0.29) is 10.5 Å². The Hall–Kier alpha value is -2.55. The number of methoxy groups -OCH3 is 1. The normalized spacial score (nSPS) is 15.9. The first kappa shape index (κ1) is 16.8. The molecule has 1 aromatic rings. The van der Waals surface area contributed by atoms with Crippen LogP contribution in [0.4, 0.5) is 4.79 Å². The number of benzene rings is 1. The Morgan fingerprint density at radius 1 is 1.26 bits per heavy atom. The van der Waals surface area contributed by atoms with Crippen LogP contribution in [0.5, 0.6) is 0 Å². The van der Waals surface area contributed by atoms with Gasteiger partial charge in [-0.3, -0.25) is 0 Å². The summed E-state index contributed by atoms with van der Waals surface area (Å²) in [5.41, 5.74) is 1.81. The lowest BCUT2D eigenvalue weighted by Gasteiger charge is -2.30. The van der Waals surface area contributed by atoms with Crippen molar-refractivity contribution >= 4 is 22.0 Å². The van der Waals surface area contributed by atoms with Crippen LogP contribution >= 0.6 is 0 Å². The van der Waals surface area contributed by atoms with Crippen LogP contribution in [0.3, 0.4) is 0 Å². The van der Waals surface area contributed by atoms with E-state index in [9.17, 15) is 18.0 Å². The Bertz CT molecular complexity index is 770. The number of carbonyl (C=O) groups excluding carboxylic acids is 2. The van der Waals surface area contributed by atoms with Crippen molar-refractivity contribution in [2.75, 3.05) is 7.11 Å². The van der Waals surface area contributed by atoms with E-state index in [1.54, 1.807) is 19.9 Å².